The molecule has 0 bridgehead atoms. The quantitative estimate of drug-likeness (QED) is 0.418. The van der Waals surface area contributed by atoms with Gasteiger partial charge in [-0.15, -0.1) is 11.6 Å². The Bertz CT molecular complexity index is 914. The summed E-state index contributed by atoms with van der Waals surface area (Å²) in [6.45, 7) is 0.267. The third kappa shape index (κ3) is 6.64. The van der Waals surface area contributed by atoms with Gasteiger partial charge in [-0.1, -0.05) is 62.1 Å². The summed E-state index contributed by atoms with van der Waals surface area (Å²) in [4.78, 5) is 28.3. The lowest BCUT2D eigenvalue weighted by atomic mass is 10.0. The van der Waals surface area contributed by atoms with Gasteiger partial charge in [-0.05, 0) is 36.1 Å². The Morgan fingerprint density at radius 3 is 2.27 bits per heavy atom. The van der Waals surface area contributed by atoms with Gasteiger partial charge in [-0.3, -0.25) is 9.59 Å². The van der Waals surface area contributed by atoms with E-state index in [1.807, 2.05) is 30.3 Å². The Morgan fingerprint density at radius 2 is 1.67 bits per heavy atom. The molecule has 1 aliphatic carbocycles. The second-order valence-corrected chi connectivity index (χ2v) is 8.62. The maximum Gasteiger partial charge on any atom is 0.247 e. The van der Waals surface area contributed by atoms with Gasteiger partial charge in [-0.25, -0.2) is 0 Å². The second-order valence-electron chi connectivity index (χ2n) is 8.35. The Labute approximate surface area is 201 Å². The molecular formula is C26H33ClN2O4. The fourth-order valence-corrected chi connectivity index (χ4v) is 4.53. The van der Waals surface area contributed by atoms with Crippen LogP contribution < -0.4 is 14.8 Å². The summed E-state index contributed by atoms with van der Waals surface area (Å²) >= 11 is 6.00. The molecule has 0 radical (unpaired) electrons. The van der Waals surface area contributed by atoms with Crippen molar-refractivity contribution >= 4 is 23.4 Å². The molecule has 0 spiro atoms. The molecule has 7 heteroatoms. The molecule has 1 fully saturated rings. The SMILES string of the molecule is COc1ccc([C@@H](C(=O)NC2CCCCCC2)N(Cc2ccccc2)C(=O)CCl)cc1OC. The van der Waals surface area contributed by atoms with E-state index in [4.69, 9.17) is 21.1 Å². The minimum Gasteiger partial charge on any atom is -0.493 e. The van der Waals surface area contributed by atoms with Crippen molar-refractivity contribution in [2.75, 3.05) is 20.1 Å². The largest absolute Gasteiger partial charge is 0.493 e. The molecule has 0 aliphatic heterocycles. The number of amides is 2. The molecule has 1 saturated carbocycles. The van der Waals surface area contributed by atoms with Gasteiger partial charge in [0.2, 0.25) is 11.8 Å². The third-order valence-electron chi connectivity index (χ3n) is 6.12. The number of rotatable bonds is 9. The number of methoxy groups -OCH3 is 2. The fraction of sp³-hybridized carbons (Fsp3) is 0.462. The van der Waals surface area contributed by atoms with Crippen LogP contribution in [0.1, 0.15) is 55.7 Å². The molecule has 2 aromatic rings. The highest BCUT2D eigenvalue weighted by atomic mass is 35.5. The van der Waals surface area contributed by atoms with Gasteiger partial charge in [0.25, 0.3) is 0 Å². The Hall–Kier alpha value is -2.73. The number of benzene rings is 2. The van der Waals surface area contributed by atoms with Gasteiger partial charge < -0.3 is 19.7 Å². The molecule has 2 amide bonds. The zero-order valence-electron chi connectivity index (χ0n) is 19.4. The number of ether oxygens (including phenoxy) is 2. The highest BCUT2D eigenvalue weighted by Gasteiger charge is 2.33. The predicted octanol–water partition coefficient (Wildman–Crippen LogP) is 4.85. The van der Waals surface area contributed by atoms with Crippen molar-refractivity contribution in [2.45, 2.75) is 57.2 Å². The molecule has 1 N–H and O–H groups in total. The second kappa shape index (κ2) is 12.5. The van der Waals surface area contributed by atoms with Crippen LogP contribution in [-0.4, -0.2) is 42.9 Å². The maximum atomic E-state index is 13.7. The molecule has 1 aliphatic rings. The topological polar surface area (TPSA) is 67.9 Å². The summed E-state index contributed by atoms with van der Waals surface area (Å²) in [7, 11) is 3.11. The van der Waals surface area contributed by atoms with Crippen LogP contribution >= 0.6 is 11.6 Å². The first-order valence-corrected chi connectivity index (χ1v) is 12.0. The van der Waals surface area contributed by atoms with Gasteiger partial charge in [0, 0.05) is 12.6 Å². The molecule has 0 heterocycles. The molecule has 1 atom stereocenters. The summed E-state index contributed by atoms with van der Waals surface area (Å²) < 4.78 is 10.8. The van der Waals surface area contributed by atoms with E-state index in [0.29, 0.717) is 17.1 Å². The van der Waals surface area contributed by atoms with E-state index in [2.05, 4.69) is 5.32 Å². The first-order chi connectivity index (χ1) is 16.1. The zero-order valence-corrected chi connectivity index (χ0v) is 20.1. The van der Waals surface area contributed by atoms with Crippen molar-refractivity contribution in [2.24, 2.45) is 0 Å². The number of nitrogens with zero attached hydrogens (tertiary/aromatic N) is 1. The summed E-state index contributed by atoms with van der Waals surface area (Å²) in [5, 5.41) is 3.22. The average molecular weight is 473 g/mol. The molecule has 0 aromatic heterocycles. The highest BCUT2D eigenvalue weighted by molar-refractivity contribution is 6.27. The van der Waals surface area contributed by atoms with Gasteiger partial charge in [0.1, 0.15) is 11.9 Å². The van der Waals surface area contributed by atoms with Crippen LogP contribution in [0.2, 0.25) is 0 Å². The van der Waals surface area contributed by atoms with Crippen molar-refractivity contribution in [3.05, 3.63) is 59.7 Å². The molecule has 3 rings (SSSR count). The Balaban J connectivity index is 1.99. The Morgan fingerprint density at radius 1 is 1.00 bits per heavy atom. The van der Waals surface area contributed by atoms with Gasteiger partial charge in [0.15, 0.2) is 11.5 Å². The molecule has 6 nitrogen and oxygen atoms in total. The van der Waals surface area contributed by atoms with Crippen LogP contribution in [0.25, 0.3) is 0 Å². The van der Waals surface area contributed by atoms with Crippen LogP contribution in [0.4, 0.5) is 0 Å². The summed E-state index contributed by atoms with van der Waals surface area (Å²) in [5.41, 5.74) is 1.57. The van der Waals surface area contributed by atoms with E-state index >= 15 is 0 Å². The lowest BCUT2D eigenvalue weighted by molar-refractivity contribution is -0.140. The number of halogens is 1. The first kappa shape index (κ1) is 24.9. The minimum absolute atomic E-state index is 0.104. The smallest absolute Gasteiger partial charge is 0.247 e. The van der Waals surface area contributed by atoms with E-state index in [9.17, 15) is 9.59 Å². The normalized spacial score (nSPS) is 15.2. The van der Waals surface area contributed by atoms with E-state index in [-0.39, 0.29) is 30.3 Å². The highest BCUT2D eigenvalue weighted by Crippen LogP contribution is 2.33. The van der Waals surface area contributed by atoms with E-state index in [1.165, 1.54) is 12.8 Å². The summed E-state index contributed by atoms with van der Waals surface area (Å²) in [6.07, 6.45) is 6.48. The first-order valence-electron chi connectivity index (χ1n) is 11.5. The number of hydrogen-bond donors (Lipinski definition) is 1. The lowest BCUT2D eigenvalue weighted by Gasteiger charge is -2.32. The number of hydrogen-bond acceptors (Lipinski definition) is 4. The van der Waals surface area contributed by atoms with Crippen LogP contribution in [0, 0.1) is 0 Å². The molecule has 2 aromatic carbocycles. The standard InChI is InChI=1S/C26H33ClN2O4/c1-32-22-15-14-20(16-23(22)33-2)25(26(31)28-21-12-8-3-4-9-13-21)29(24(30)17-27)18-19-10-6-5-7-11-19/h5-7,10-11,14-16,21,25H,3-4,8-9,12-13,17-18H2,1-2H3,(H,28,31)/t25-/m0/s1. The monoisotopic (exact) mass is 472 g/mol. The van der Waals surface area contributed by atoms with Crippen molar-refractivity contribution in [1.29, 1.82) is 0 Å². The van der Waals surface area contributed by atoms with E-state index in [1.54, 1.807) is 37.3 Å². The molecular weight excluding hydrogens is 440 g/mol. The zero-order chi connectivity index (χ0) is 23.6. The number of alkyl halides is 1. The van der Waals surface area contributed by atoms with Gasteiger partial charge >= 0.3 is 0 Å². The molecule has 0 saturated heterocycles. The van der Waals surface area contributed by atoms with Crippen LogP contribution in [0.15, 0.2) is 48.5 Å². The third-order valence-corrected chi connectivity index (χ3v) is 6.34. The van der Waals surface area contributed by atoms with Gasteiger partial charge in [-0.2, -0.15) is 0 Å². The Kier molecular flexibility index (Phi) is 9.43. The van der Waals surface area contributed by atoms with Crippen LogP contribution in [0.3, 0.4) is 0 Å². The molecule has 178 valence electrons. The van der Waals surface area contributed by atoms with Crippen molar-refractivity contribution in [1.82, 2.24) is 10.2 Å². The number of carbonyl (C=O) groups is 2. The average Bonchev–Trinajstić information content (AvgIpc) is 3.12. The molecule has 33 heavy (non-hydrogen) atoms. The summed E-state index contributed by atoms with van der Waals surface area (Å²) in [5.74, 6) is 0.329. The number of carbonyl (C=O) groups excluding carboxylic acids is 2. The van der Waals surface area contributed by atoms with Crippen LogP contribution in [-0.2, 0) is 16.1 Å². The summed E-state index contributed by atoms with van der Waals surface area (Å²) in [6, 6.07) is 14.2. The van der Waals surface area contributed by atoms with Crippen molar-refractivity contribution in [3.8, 4) is 11.5 Å². The van der Waals surface area contributed by atoms with Crippen molar-refractivity contribution in [3.63, 3.8) is 0 Å². The van der Waals surface area contributed by atoms with E-state index in [0.717, 1.165) is 31.2 Å². The minimum atomic E-state index is -0.848. The van der Waals surface area contributed by atoms with Crippen LogP contribution in [0.5, 0.6) is 11.5 Å². The fourth-order valence-electron chi connectivity index (χ4n) is 4.38. The number of nitrogens with one attached hydrogen (secondary N) is 1. The molecule has 0 unspecified atom stereocenters. The predicted molar refractivity (Wildman–Crippen MR) is 130 cm³/mol. The van der Waals surface area contributed by atoms with Crippen molar-refractivity contribution < 1.29 is 19.1 Å². The van der Waals surface area contributed by atoms with Gasteiger partial charge in [0.05, 0.1) is 14.2 Å². The van der Waals surface area contributed by atoms with E-state index < -0.39 is 6.04 Å². The lowest BCUT2D eigenvalue weighted by Crippen LogP contribution is -2.46. The maximum absolute atomic E-state index is 13.7.